The van der Waals surface area contributed by atoms with E-state index < -0.39 is 6.10 Å². The van der Waals surface area contributed by atoms with Gasteiger partial charge in [0.1, 0.15) is 0 Å². The Kier molecular flexibility index (Phi) is 5.66. The molecule has 0 saturated carbocycles. The van der Waals surface area contributed by atoms with E-state index >= 15 is 0 Å². The number of anilines is 1. The van der Waals surface area contributed by atoms with Crippen molar-refractivity contribution in [3.05, 3.63) is 29.8 Å². The fraction of sp³-hybridized carbons (Fsp3) is 0.588. The Balaban J connectivity index is 1.90. The van der Waals surface area contributed by atoms with Gasteiger partial charge in [-0.3, -0.25) is 0 Å². The quantitative estimate of drug-likeness (QED) is 0.894. The van der Waals surface area contributed by atoms with Gasteiger partial charge in [0.25, 0.3) is 0 Å². The third kappa shape index (κ3) is 4.63. The number of carbonyl (C=O) groups is 1. The smallest absolute Gasteiger partial charge is 0.317 e. The number of piperidine rings is 1. The molecule has 22 heavy (non-hydrogen) atoms. The van der Waals surface area contributed by atoms with E-state index in [1.54, 1.807) is 14.0 Å². The normalized spacial score (nSPS) is 19.6. The van der Waals surface area contributed by atoms with Gasteiger partial charge >= 0.3 is 6.03 Å². The summed E-state index contributed by atoms with van der Waals surface area (Å²) in [5.74, 6) is 0. The Labute approximate surface area is 132 Å². The van der Waals surface area contributed by atoms with E-state index in [1.807, 2.05) is 0 Å². The third-order valence-corrected chi connectivity index (χ3v) is 4.03. The van der Waals surface area contributed by atoms with E-state index in [-0.39, 0.29) is 12.1 Å². The Hall–Kier alpha value is -1.75. The molecule has 1 saturated heterocycles. The zero-order chi connectivity index (χ0) is 16.1. The van der Waals surface area contributed by atoms with Gasteiger partial charge in [0.05, 0.1) is 6.10 Å². The molecule has 2 atom stereocenters. The number of benzene rings is 1. The number of likely N-dealkylation sites (N-methyl/N-ethyl adjacent to an activating group) is 1. The van der Waals surface area contributed by atoms with Gasteiger partial charge in [-0.25, -0.2) is 4.79 Å². The molecule has 5 heteroatoms. The highest BCUT2D eigenvalue weighted by molar-refractivity contribution is 5.74. The average molecular weight is 305 g/mol. The molecule has 1 aromatic carbocycles. The standard InChI is InChI=1S/C17H27N3O2/c1-13-6-8-16(9-7-13)20-10-4-5-15(12-20)18-17(22)19(3)11-14(2)21/h6-9,14-15,21H,4-5,10-12H2,1-3H3,(H,18,22). The van der Waals surface area contributed by atoms with Crippen molar-refractivity contribution in [2.75, 3.05) is 31.6 Å². The van der Waals surface area contributed by atoms with Gasteiger partial charge < -0.3 is 20.2 Å². The van der Waals surface area contributed by atoms with Crippen LogP contribution in [-0.4, -0.2) is 54.9 Å². The van der Waals surface area contributed by atoms with Crippen LogP contribution in [-0.2, 0) is 0 Å². The van der Waals surface area contributed by atoms with Crippen LogP contribution >= 0.6 is 0 Å². The predicted octanol–water partition coefficient (Wildman–Crippen LogP) is 1.99. The summed E-state index contributed by atoms with van der Waals surface area (Å²) in [6, 6.07) is 8.55. The number of rotatable bonds is 4. The monoisotopic (exact) mass is 305 g/mol. The van der Waals surface area contributed by atoms with Gasteiger partial charge in [0.15, 0.2) is 0 Å². The lowest BCUT2D eigenvalue weighted by Gasteiger charge is -2.35. The molecule has 2 unspecified atom stereocenters. The van der Waals surface area contributed by atoms with Gasteiger partial charge in [-0.2, -0.15) is 0 Å². The molecule has 1 fully saturated rings. The summed E-state index contributed by atoms with van der Waals surface area (Å²) in [4.78, 5) is 16.0. The van der Waals surface area contributed by atoms with Gasteiger partial charge in [-0.15, -0.1) is 0 Å². The van der Waals surface area contributed by atoms with Crippen LogP contribution in [0.15, 0.2) is 24.3 Å². The second kappa shape index (κ2) is 7.49. The topological polar surface area (TPSA) is 55.8 Å². The number of aryl methyl sites for hydroxylation is 1. The van der Waals surface area contributed by atoms with Crippen molar-refractivity contribution in [3.8, 4) is 0 Å². The van der Waals surface area contributed by atoms with Crippen LogP contribution in [0.1, 0.15) is 25.3 Å². The Morgan fingerprint density at radius 2 is 2.14 bits per heavy atom. The average Bonchev–Trinajstić information content (AvgIpc) is 2.47. The van der Waals surface area contributed by atoms with Crippen molar-refractivity contribution in [2.45, 2.75) is 38.8 Å². The van der Waals surface area contributed by atoms with Crippen molar-refractivity contribution in [2.24, 2.45) is 0 Å². The summed E-state index contributed by atoms with van der Waals surface area (Å²) in [6.45, 7) is 5.97. The van der Waals surface area contributed by atoms with E-state index in [0.29, 0.717) is 6.54 Å². The molecule has 2 rings (SSSR count). The number of nitrogens with one attached hydrogen (secondary N) is 1. The lowest BCUT2D eigenvalue weighted by molar-refractivity contribution is 0.142. The minimum atomic E-state index is -0.508. The van der Waals surface area contributed by atoms with Crippen LogP contribution in [0.4, 0.5) is 10.5 Å². The summed E-state index contributed by atoms with van der Waals surface area (Å²) in [7, 11) is 1.71. The van der Waals surface area contributed by atoms with Crippen LogP contribution < -0.4 is 10.2 Å². The fourth-order valence-electron chi connectivity index (χ4n) is 2.85. The highest BCUT2D eigenvalue weighted by atomic mass is 16.3. The SMILES string of the molecule is Cc1ccc(N2CCCC(NC(=O)N(C)CC(C)O)C2)cc1. The summed E-state index contributed by atoms with van der Waals surface area (Å²) < 4.78 is 0. The zero-order valence-electron chi connectivity index (χ0n) is 13.7. The number of aliphatic hydroxyl groups excluding tert-OH is 1. The molecule has 0 aromatic heterocycles. The highest BCUT2D eigenvalue weighted by Gasteiger charge is 2.23. The predicted molar refractivity (Wildman–Crippen MR) is 89.3 cm³/mol. The van der Waals surface area contributed by atoms with E-state index in [0.717, 1.165) is 25.9 Å². The van der Waals surface area contributed by atoms with Crippen molar-refractivity contribution in [1.29, 1.82) is 0 Å². The molecule has 1 heterocycles. The molecule has 5 nitrogen and oxygen atoms in total. The van der Waals surface area contributed by atoms with E-state index in [1.165, 1.54) is 16.2 Å². The van der Waals surface area contributed by atoms with Gasteiger partial charge in [0.2, 0.25) is 0 Å². The number of aliphatic hydroxyl groups is 1. The van der Waals surface area contributed by atoms with Crippen molar-refractivity contribution >= 4 is 11.7 Å². The van der Waals surface area contributed by atoms with Crippen LogP contribution in [0.25, 0.3) is 0 Å². The summed E-state index contributed by atoms with van der Waals surface area (Å²) >= 11 is 0. The fourth-order valence-corrected chi connectivity index (χ4v) is 2.85. The summed E-state index contributed by atoms with van der Waals surface area (Å²) in [6.07, 6.45) is 1.56. The highest BCUT2D eigenvalue weighted by Crippen LogP contribution is 2.20. The maximum absolute atomic E-state index is 12.1. The minimum Gasteiger partial charge on any atom is -0.392 e. The molecule has 2 N–H and O–H groups in total. The molecule has 1 aliphatic heterocycles. The van der Waals surface area contributed by atoms with E-state index in [4.69, 9.17) is 0 Å². The molecular formula is C17H27N3O2. The van der Waals surface area contributed by atoms with Crippen LogP contribution in [0.3, 0.4) is 0 Å². The first kappa shape index (κ1) is 16.6. The van der Waals surface area contributed by atoms with E-state index in [9.17, 15) is 9.90 Å². The Morgan fingerprint density at radius 3 is 2.77 bits per heavy atom. The number of urea groups is 1. The van der Waals surface area contributed by atoms with Gasteiger partial charge in [-0.05, 0) is 38.8 Å². The first-order valence-electron chi connectivity index (χ1n) is 7.97. The second-order valence-electron chi connectivity index (χ2n) is 6.30. The molecule has 1 aliphatic rings. The number of carbonyl (C=O) groups excluding carboxylic acids is 1. The van der Waals surface area contributed by atoms with Crippen LogP contribution in [0.5, 0.6) is 0 Å². The maximum Gasteiger partial charge on any atom is 0.317 e. The van der Waals surface area contributed by atoms with Crippen molar-refractivity contribution in [1.82, 2.24) is 10.2 Å². The Bertz CT molecular complexity index is 487. The molecule has 0 aliphatic carbocycles. The number of nitrogens with zero attached hydrogens (tertiary/aromatic N) is 2. The largest absolute Gasteiger partial charge is 0.392 e. The first-order chi connectivity index (χ1) is 10.5. The third-order valence-electron chi connectivity index (χ3n) is 4.03. The molecule has 122 valence electrons. The van der Waals surface area contributed by atoms with E-state index in [2.05, 4.69) is 41.4 Å². The number of amides is 2. The molecule has 0 bridgehead atoms. The van der Waals surface area contributed by atoms with Crippen molar-refractivity contribution < 1.29 is 9.90 Å². The van der Waals surface area contributed by atoms with Gasteiger partial charge in [-0.1, -0.05) is 17.7 Å². The summed E-state index contributed by atoms with van der Waals surface area (Å²) in [5, 5.41) is 12.4. The minimum absolute atomic E-state index is 0.114. The molecular weight excluding hydrogens is 278 g/mol. The summed E-state index contributed by atoms with van der Waals surface area (Å²) in [5.41, 5.74) is 2.47. The first-order valence-corrected chi connectivity index (χ1v) is 7.97. The number of hydrogen-bond acceptors (Lipinski definition) is 3. The van der Waals surface area contributed by atoms with Crippen molar-refractivity contribution in [3.63, 3.8) is 0 Å². The maximum atomic E-state index is 12.1. The Morgan fingerprint density at radius 1 is 1.45 bits per heavy atom. The second-order valence-corrected chi connectivity index (χ2v) is 6.30. The molecule has 0 spiro atoms. The molecule has 0 radical (unpaired) electrons. The molecule has 1 aromatic rings. The zero-order valence-corrected chi connectivity index (χ0v) is 13.7. The van der Waals surface area contributed by atoms with Crippen LogP contribution in [0, 0.1) is 6.92 Å². The lowest BCUT2D eigenvalue weighted by atomic mass is 10.0. The van der Waals surface area contributed by atoms with Gasteiger partial charge in [0, 0.05) is 38.4 Å². The number of hydrogen-bond donors (Lipinski definition) is 2. The van der Waals surface area contributed by atoms with Crippen LogP contribution in [0.2, 0.25) is 0 Å². The lowest BCUT2D eigenvalue weighted by Crippen LogP contribution is -2.51. The molecule has 2 amide bonds.